The topological polar surface area (TPSA) is 107 Å². The van der Waals surface area contributed by atoms with Crippen LogP contribution >= 0.6 is 11.8 Å². The van der Waals surface area contributed by atoms with E-state index in [2.05, 4.69) is 4.74 Å². The number of thioether (sulfide) groups is 1. The monoisotopic (exact) mass is 381 g/mol. The van der Waals surface area contributed by atoms with E-state index in [-0.39, 0.29) is 10.6 Å². The van der Waals surface area contributed by atoms with Gasteiger partial charge in [-0.05, 0) is 36.4 Å². The van der Waals surface area contributed by atoms with E-state index < -0.39 is 27.2 Å². The van der Waals surface area contributed by atoms with Gasteiger partial charge in [0, 0.05) is 16.3 Å². The molecule has 0 radical (unpaired) electrons. The number of hydrogen-bond donors (Lipinski definition) is 2. The Morgan fingerprint density at radius 1 is 1.16 bits per heavy atom. The predicted octanol–water partition coefficient (Wildman–Crippen LogP) is 1.74. The van der Waals surface area contributed by atoms with Gasteiger partial charge in [0.2, 0.25) is 0 Å². The van der Waals surface area contributed by atoms with Gasteiger partial charge in [0.15, 0.2) is 15.4 Å². The van der Waals surface area contributed by atoms with Crippen molar-refractivity contribution in [3.05, 3.63) is 54.6 Å². The normalized spacial score (nSPS) is 13.8. The highest BCUT2D eigenvalue weighted by molar-refractivity contribution is 7.99. The van der Waals surface area contributed by atoms with E-state index >= 15 is 0 Å². The summed E-state index contributed by atoms with van der Waals surface area (Å²) in [5.74, 6) is -1.93. The number of methoxy groups -OCH3 is 1. The minimum atomic E-state index is -3.91. The first kappa shape index (κ1) is 19.3. The first-order valence-electron chi connectivity index (χ1n) is 7.34. The summed E-state index contributed by atoms with van der Waals surface area (Å²) in [7, 11) is -2.81. The standard InChI is InChI=1S/C17H19NO5S2/c1-23-16(19)17(20,11-24-14-5-3-2-4-6-14)12-25(21,22)15-9-7-13(18)8-10-15/h2-10,20H,11-12,18H2,1H3. The molecule has 3 N–H and O–H groups in total. The Bertz CT molecular complexity index is 822. The molecule has 0 saturated carbocycles. The molecule has 0 amide bonds. The van der Waals surface area contributed by atoms with Gasteiger partial charge in [-0.1, -0.05) is 18.2 Å². The summed E-state index contributed by atoms with van der Waals surface area (Å²) in [4.78, 5) is 12.8. The molecular weight excluding hydrogens is 362 g/mol. The quantitative estimate of drug-likeness (QED) is 0.427. The lowest BCUT2D eigenvalue weighted by molar-refractivity contribution is -0.157. The molecule has 2 aromatic rings. The zero-order valence-corrected chi connectivity index (χ0v) is 15.2. The van der Waals surface area contributed by atoms with Gasteiger partial charge in [0.1, 0.15) is 0 Å². The Morgan fingerprint density at radius 2 is 1.76 bits per heavy atom. The van der Waals surface area contributed by atoms with E-state index in [4.69, 9.17) is 5.73 Å². The first-order chi connectivity index (χ1) is 11.8. The molecule has 1 unspecified atom stereocenters. The van der Waals surface area contributed by atoms with Crippen LogP contribution in [0.5, 0.6) is 0 Å². The molecule has 1 atom stereocenters. The number of anilines is 1. The van der Waals surface area contributed by atoms with Gasteiger partial charge in [0.05, 0.1) is 17.8 Å². The fourth-order valence-electron chi connectivity index (χ4n) is 2.14. The second kappa shape index (κ2) is 7.90. The summed E-state index contributed by atoms with van der Waals surface area (Å²) in [6.07, 6.45) is 0. The lowest BCUT2D eigenvalue weighted by Crippen LogP contribution is -2.48. The average molecular weight is 381 g/mol. The van der Waals surface area contributed by atoms with E-state index in [1.807, 2.05) is 18.2 Å². The number of nitrogens with two attached hydrogens (primary N) is 1. The molecule has 134 valence electrons. The van der Waals surface area contributed by atoms with Crippen LogP contribution in [0.1, 0.15) is 0 Å². The number of aliphatic hydroxyl groups is 1. The Morgan fingerprint density at radius 3 is 2.32 bits per heavy atom. The van der Waals surface area contributed by atoms with Crippen LogP contribution in [0, 0.1) is 0 Å². The summed E-state index contributed by atoms with van der Waals surface area (Å²) in [5, 5.41) is 10.7. The van der Waals surface area contributed by atoms with Crippen LogP contribution in [0.4, 0.5) is 5.69 Å². The van der Waals surface area contributed by atoms with Gasteiger partial charge in [-0.15, -0.1) is 11.8 Å². The van der Waals surface area contributed by atoms with Crippen molar-refractivity contribution >= 4 is 33.3 Å². The van der Waals surface area contributed by atoms with Crippen molar-refractivity contribution in [1.29, 1.82) is 0 Å². The van der Waals surface area contributed by atoms with Gasteiger partial charge in [-0.25, -0.2) is 13.2 Å². The van der Waals surface area contributed by atoms with Gasteiger partial charge >= 0.3 is 5.97 Å². The van der Waals surface area contributed by atoms with Crippen molar-refractivity contribution in [2.45, 2.75) is 15.4 Å². The van der Waals surface area contributed by atoms with E-state index in [0.29, 0.717) is 5.69 Å². The van der Waals surface area contributed by atoms with Crippen molar-refractivity contribution in [2.75, 3.05) is 24.3 Å². The van der Waals surface area contributed by atoms with Gasteiger partial charge < -0.3 is 15.6 Å². The molecule has 0 aliphatic rings. The second-order valence-corrected chi connectivity index (χ2v) is 8.49. The number of carbonyl (C=O) groups excluding carboxylic acids is 1. The molecule has 0 fully saturated rings. The number of hydrogen-bond acceptors (Lipinski definition) is 7. The molecule has 2 aromatic carbocycles. The number of rotatable bonds is 7. The van der Waals surface area contributed by atoms with Gasteiger partial charge in [0.25, 0.3) is 0 Å². The number of benzene rings is 2. The van der Waals surface area contributed by atoms with Crippen LogP contribution in [-0.2, 0) is 19.4 Å². The maximum Gasteiger partial charge on any atom is 0.339 e. The highest BCUT2D eigenvalue weighted by atomic mass is 32.2. The number of esters is 1. The van der Waals surface area contributed by atoms with Crippen molar-refractivity contribution in [1.82, 2.24) is 0 Å². The van der Waals surface area contributed by atoms with Crippen LogP contribution in [-0.4, -0.2) is 43.7 Å². The Balaban J connectivity index is 2.24. The van der Waals surface area contributed by atoms with E-state index in [0.717, 1.165) is 12.0 Å². The zero-order valence-electron chi connectivity index (χ0n) is 13.6. The zero-order chi connectivity index (χ0) is 18.5. The van der Waals surface area contributed by atoms with Gasteiger partial charge in [-0.3, -0.25) is 0 Å². The smallest absolute Gasteiger partial charge is 0.339 e. The van der Waals surface area contributed by atoms with Crippen LogP contribution in [0.15, 0.2) is 64.4 Å². The molecule has 6 nitrogen and oxygen atoms in total. The van der Waals surface area contributed by atoms with Crippen molar-refractivity contribution in [3.8, 4) is 0 Å². The third-order valence-electron chi connectivity index (χ3n) is 3.45. The van der Waals surface area contributed by atoms with E-state index in [1.54, 1.807) is 12.1 Å². The SMILES string of the molecule is COC(=O)C(O)(CSc1ccccc1)CS(=O)(=O)c1ccc(N)cc1. The summed E-state index contributed by atoms with van der Waals surface area (Å²) in [6, 6.07) is 14.6. The molecule has 0 heterocycles. The maximum absolute atomic E-state index is 12.6. The van der Waals surface area contributed by atoms with Crippen LogP contribution < -0.4 is 5.73 Å². The van der Waals surface area contributed by atoms with Crippen LogP contribution in [0.3, 0.4) is 0 Å². The lowest BCUT2D eigenvalue weighted by atomic mass is 10.1. The minimum absolute atomic E-state index is 0.0197. The molecular formula is C17H19NO5S2. The highest BCUT2D eigenvalue weighted by Crippen LogP contribution is 2.26. The fraction of sp³-hybridized carbons (Fsp3) is 0.235. The maximum atomic E-state index is 12.6. The van der Waals surface area contributed by atoms with Crippen molar-refractivity contribution < 1.29 is 23.1 Å². The predicted molar refractivity (Wildman–Crippen MR) is 97.0 cm³/mol. The molecule has 25 heavy (non-hydrogen) atoms. The lowest BCUT2D eigenvalue weighted by Gasteiger charge is -2.24. The molecule has 0 saturated heterocycles. The van der Waals surface area contributed by atoms with E-state index in [1.165, 1.54) is 36.0 Å². The highest BCUT2D eigenvalue weighted by Gasteiger charge is 2.42. The molecule has 0 aliphatic heterocycles. The van der Waals surface area contributed by atoms with Gasteiger partial charge in [-0.2, -0.15) is 0 Å². The molecule has 0 bridgehead atoms. The van der Waals surface area contributed by atoms with E-state index in [9.17, 15) is 18.3 Å². The Kier molecular flexibility index (Phi) is 6.10. The van der Waals surface area contributed by atoms with Crippen molar-refractivity contribution in [3.63, 3.8) is 0 Å². The fourth-order valence-corrected chi connectivity index (χ4v) is 4.81. The third kappa shape index (κ3) is 4.97. The molecule has 0 aliphatic carbocycles. The number of sulfone groups is 1. The molecule has 0 spiro atoms. The molecule has 8 heteroatoms. The average Bonchev–Trinajstić information content (AvgIpc) is 2.60. The summed E-state index contributed by atoms with van der Waals surface area (Å²) < 4.78 is 29.8. The summed E-state index contributed by atoms with van der Waals surface area (Å²) in [5.41, 5.74) is 3.80. The largest absolute Gasteiger partial charge is 0.467 e. The Hall–Kier alpha value is -2.03. The summed E-state index contributed by atoms with van der Waals surface area (Å²) >= 11 is 1.17. The molecule has 0 aromatic heterocycles. The molecule has 2 rings (SSSR count). The first-order valence-corrected chi connectivity index (χ1v) is 9.97. The van der Waals surface area contributed by atoms with Crippen LogP contribution in [0.25, 0.3) is 0 Å². The number of ether oxygens (including phenoxy) is 1. The second-order valence-electron chi connectivity index (χ2n) is 5.45. The number of carbonyl (C=O) groups is 1. The number of nitrogen functional groups attached to an aromatic ring is 1. The summed E-state index contributed by atoms with van der Waals surface area (Å²) in [6.45, 7) is 0. The van der Waals surface area contributed by atoms with Crippen molar-refractivity contribution in [2.24, 2.45) is 0 Å². The Labute approximate surface area is 150 Å². The third-order valence-corrected chi connectivity index (χ3v) is 6.53. The minimum Gasteiger partial charge on any atom is -0.467 e. The van der Waals surface area contributed by atoms with Crippen LogP contribution in [0.2, 0.25) is 0 Å².